The van der Waals surface area contributed by atoms with Crippen LogP contribution in [-0.2, 0) is 4.79 Å². The van der Waals surface area contributed by atoms with E-state index in [1.165, 1.54) is 0 Å². The van der Waals surface area contributed by atoms with Crippen LogP contribution in [0.2, 0.25) is 0 Å². The van der Waals surface area contributed by atoms with Crippen LogP contribution >= 0.6 is 0 Å². The molecule has 5 rings (SSSR count). The number of aromatic nitrogens is 2. The van der Waals surface area contributed by atoms with Crippen LogP contribution in [0.15, 0.2) is 17.3 Å². The highest BCUT2D eigenvalue weighted by Gasteiger charge is 2.46. The molecule has 35 heavy (non-hydrogen) atoms. The molecule has 1 aromatic heterocycles. The fourth-order valence-corrected chi connectivity index (χ4v) is 6.01. The maximum absolute atomic E-state index is 13.8. The van der Waals surface area contributed by atoms with Gasteiger partial charge in [-0.2, -0.15) is 4.98 Å². The summed E-state index contributed by atoms with van der Waals surface area (Å²) in [6.07, 6.45) is 7.44. The number of nitrogens with one attached hydrogen (secondary N) is 1. The minimum absolute atomic E-state index is 0.120. The summed E-state index contributed by atoms with van der Waals surface area (Å²) >= 11 is 0. The van der Waals surface area contributed by atoms with Crippen molar-refractivity contribution in [1.82, 2.24) is 20.2 Å². The van der Waals surface area contributed by atoms with Gasteiger partial charge in [0, 0.05) is 56.0 Å². The first-order valence-electron chi connectivity index (χ1n) is 13.2. The Bertz CT molecular complexity index is 997. The first-order valence-corrected chi connectivity index (χ1v) is 13.2. The molecular weight excluding hydrogens is 444 g/mol. The molecule has 0 amide bonds. The van der Waals surface area contributed by atoms with Gasteiger partial charge >= 0.3 is 0 Å². The first kappa shape index (κ1) is 24.2. The maximum atomic E-state index is 13.8. The number of carbonyl (C=O) groups is 2. The highest BCUT2D eigenvalue weighted by Crippen LogP contribution is 2.47. The normalized spacial score (nSPS) is 28.1. The van der Waals surface area contributed by atoms with Crippen LogP contribution in [0.3, 0.4) is 0 Å². The number of ketones is 2. The summed E-state index contributed by atoms with van der Waals surface area (Å²) in [7, 11) is 2.11. The molecule has 1 saturated carbocycles. The Morgan fingerprint density at radius 1 is 1.14 bits per heavy atom. The number of ether oxygens (including phenoxy) is 1. The van der Waals surface area contributed by atoms with Crippen molar-refractivity contribution < 1.29 is 14.3 Å². The van der Waals surface area contributed by atoms with Crippen molar-refractivity contribution in [3.63, 3.8) is 0 Å². The van der Waals surface area contributed by atoms with Crippen molar-refractivity contribution in [2.75, 3.05) is 51.3 Å². The second-order valence-corrected chi connectivity index (χ2v) is 10.6. The third-order valence-corrected chi connectivity index (χ3v) is 8.25. The Morgan fingerprint density at radius 2 is 1.94 bits per heavy atom. The Kier molecular flexibility index (Phi) is 7.07. The van der Waals surface area contributed by atoms with Gasteiger partial charge in [-0.15, -0.1) is 0 Å². The number of nitrogens with two attached hydrogens (primary N) is 1. The molecule has 0 unspecified atom stereocenters. The van der Waals surface area contributed by atoms with Crippen molar-refractivity contribution in [3.05, 3.63) is 23.2 Å². The van der Waals surface area contributed by atoms with E-state index in [0.29, 0.717) is 48.5 Å². The number of likely N-dealkylation sites (N-methyl/N-ethyl adjacent to an activating group) is 1. The topological polar surface area (TPSA) is 114 Å². The Labute approximate surface area is 207 Å². The zero-order valence-corrected chi connectivity index (χ0v) is 20.9. The van der Waals surface area contributed by atoms with E-state index in [0.717, 1.165) is 77.7 Å². The Hall–Kier alpha value is -2.52. The molecular formula is C26H38N6O3. The molecule has 0 bridgehead atoms. The highest BCUT2D eigenvalue weighted by atomic mass is 16.5. The highest BCUT2D eigenvalue weighted by molar-refractivity contribution is 6.08. The van der Waals surface area contributed by atoms with Gasteiger partial charge in [-0.25, -0.2) is 4.98 Å². The molecule has 3 N–H and O–H groups in total. The molecule has 3 fully saturated rings. The van der Waals surface area contributed by atoms with E-state index in [-0.39, 0.29) is 17.4 Å². The van der Waals surface area contributed by atoms with Gasteiger partial charge in [0.1, 0.15) is 18.2 Å². The van der Waals surface area contributed by atoms with E-state index in [2.05, 4.69) is 27.1 Å². The quantitative estimate of drug-likeness (QED) is 0.588. The van der Waals surface area contributed by atoms with Crippen LogP contribution in [0.25, 0.3) is 0 Å². The number of rotatable bonds is 6. The minimum Gasteiger partial charge on any atom is -0.476 e. The van der Waals surface area contributed by atoms with E-state index in [1.807, 2.05) is 6.07 Å². The molecule has 190 valence electrons. The third-order valence-electron chi connectivity index (χ3n) is 8.25. The molecule has 2 aliphatic carbocycles. The van der Waals surface area contributed by atoms with Gasteiger partial charge < -0.3 is 25.6 Å². The van der Waals surface area contributed by atoms with Crippen molar-refractivity contribution in [2.24, 2.45) is 11.1 Å². The number of nitrogens with zero attached hydrogens (tertiary/aromatic N) is 4. The van der Waals surface area contributed by atoms with Crippen LogP contribution < -0.4 is 20.7 Å². The van der Waals surface area contributed by atoms with Crippen molar-refractivity contribution in [2.45, 2.75) is 63.8 Å². The van der Waals surface area contributed by atoms with Crippen molar-refractivity contribution >= 4 is 17.4 Å². The minimum atomic E-state index is -0.677. The summed E-state index contributed by atoms with van der Waals surface area (Å²) in [6.45, 7) is 5.02. The Balaban J connectivity index is 1.45. The van der Waals surface area contributed by atoms with E-state index in [9.17, 15) is 9.59 Å². The van der Waals surface area contributed by atoms with E-state index in [4.69, 9.17) is 15.5 Å². The number of hydrogen-bond acceptors (Lipinski definition) is 9. The molecule has 1 aromatic rings. The predicted octanol–water partition coefficient (Wildman–Crippen LogP) is 2.07. The largest absolute Gasteiger partial charge is 0.476 e. The van der Waals surface area contributed by atoms with Gasteiger partial charge in [-0.1, -0.05) is 6.42 Å². The predicted molar refractivity (Wildman–Crippen MR) is 134 cm³/mol. The van der Waals surface area contributed by atoms with Crippen LogP contribution in [0, 0.1) is 5.41 Å². The standard InChI is InChI=1S/C26H38N6O3/c1-31-12-14-32(15-13-31)21-16-22(35-17-18-6-5-11-28-18)30-25(29-21)23(34)19-7-4-10-26(24(19)27)9-3-2-8-20(26)33/h16,18,28H,2-15,17,27H2,1H3/t18-,26+/m0/s1. The lowest BCUT2D eigenvalue weighted by molar-refractivity contribution is -0.129. The zero-order chi connectivity index (χ0) is 24.4. The van der Waals surface area contributed by atoms with Crippen LogP contribution in [0.1, 0.15) is 68.4 Å². The second-order valence-electron chi connectivity index (χ2n) is 10.6. The van der Waals surface area contributed by atoms with Gasteiger partial charge in [0.25, 0.3) is 0 Å². The molecule has 0 radical (unpaired) electrons. The molecule has 2 saturated heterocycles. The van der Waals surface area contributed by atoms with Crippen molar-refractivity contribution in [3.8, 4) is 5.88 Å². The van der Waals surface area contributed by atoms with Gasteiger partial charge in [-0.3, -0.25) is 9.59 Å². The van der Waals surface area contributed by atoms with Crippen LogP contribution in [0.4, 0.5) is 5.82 Å². The molecule has 2 aliphatic heterocycles. The molecule has 1 spiro atoms. The average Bonchev–Trinajstić information content (AvgIpc) is 3.40. The average molecular weight is 483 g/mol. The van der Waals surface area contributed by atoms with Gasteiger partial charge in [0.2, 0.25) is 17.5 Å². The number of carbonyl (C=O) groups excluding carboxylic acids is 2. The smallest absolute Gasteiger partial charge is 0.228 e. The fraction of sp³-hybridized carbons (Fsp3) is 0.692. The molecule has 4 aliphatic rings. The monoisotopic (exact) mass is 482 g/mol. The van der Waals surface area contributed by atoms with E-state index < -0.39 is 5.41 Å². The molecule has 2 atom stereocenters. The second kappa shape index (κ2) is 10.2. The van der Waals surface area contributed by atoms with Crippen LogP contribution in [-0.4, -0.2) is 78.9 Å². The van der Waals surface area contributed by atoms with Crippen molar-refractivity contribution in [1.29, 1.82) is 0 Å². The summed E-state index contributed by atoms with van der Waals surface area (Å²) in [6, 6.07) is 2.15. The lowest BCUT2D eigenvalue weighted by atomic mass is 9.64. The molecule has 3 heterocycles. The fourth-order valence-electron chi connectivity index (χ4n) is 6.01. The number of hydrogen-bond donors (Lipinski definition) is 2. The summed E-state index contributed by atoms with van der Waals surface area (Å²) in [5.74, 6) is 1.17. The molecule has 0 aromatic carbocycles. The molecule has 9 heteroatoms. The summed E-state index contributed by atoms with van der Waals surface area (Å²) in [5.41, 5.74) is 6.92. The number of anilines is 1. The summed E-state index contributed by atoms with van der Waals surface area (Å²) < 4.78 is 6.07. The zero-order valence-electron chi connectivity index (χ0n) is 20.9. The van der Waals surface area contributed by atoms with E-state index in [1.54, 1.807) is 0 Å². The molecule has 9 nitrogen and oxygen atoms in total. The Morgan fingerprint density at radius 3 is 2.69 bits per heavy atom. The third kappa shape index (κ3) is 4.93. The number of allylic oxidation sites excluding steroid dienone is 2. The van der Waals surface area contributed by atoms with Gasteiger partial charge in [-0.05, 0) is 58.5 Å². The van der Waals surface area contributed by atoms with Gasteiger partial charge in [0.05, 0.1) is 5.41 Å². The number of Topliss-reactive ketones (excluding diaryl/α,β-unsaturated/α-hetero) is 2. The lowest BCUT2D eigenvalue weighted by Gasteiger charge is -2.40. The number of piperazine rings is 1. The summed E-state index contributed by atoms with van der Waals surface area (Å²) in [5, 5.41) is 3.43. The van der Waals surface area contributed by atoms with Crippen LogP contribution in [0.5, 0.6) is 5.88 Å². The first-order chi connectivity index (χ1) is 17.0. The van der Waals surface area contributed by atoms with E-state index >= 15 is 0 Å². The summed E-state index contributed by atoms with van der Waals surface area (Å²) in [4.78, 5) is 40.4. The van der Waals surface area contributed by atoms with Gasteiger partial charge in [0.15, 0.2) is 0 Å². The SMILES string of the molecule is CN1CCN(c2cc(OC[C@@H]3CCCN3)nc(C(=O)C3=C(N)[C@]4(CCCCC4=O)CCC3)n2)CC1. The lowest BCUT2D eigenvalue weighted by Crippen LogP contribution is -2.45. The maximum Gasteiger partial charge on any atom is 0.228 e.